The molecule has 0 bridgehead atoms. The van der Waals surface area contributed by atoms with Crippen LogP contribution in [0.4, 0.5) is 0 Å². The number of hydrogen-bond acceptors (Lipinski definition) is 2. The Morgan fingerprint density at radius 1 is 1.33 bits per heavy atom. The Morgan fingerprint density at radius 3 is 2.13 bits per heavy atom. The van der Waals surface area contributed by atoms with E-state index in [4.69, 9.17) is 0 Å². The van der Waals surface area contributed by atoms with Crippen molar-refractivity contribution in [2.45, 2.75) is 53.9 Å². The van der Waals surface area contributed by atoms with E-state index in [-0.39, 0.29) is 0 Å². The third-order valence-corrected chi connectivity index (χ3v) is 2.30. The van der Waals surface area contributed by atoms with E-state index in [2.05, 4.69) is 42.8 Å². The summed E-state index contributed by atoms with van der Waals surface area (Å²) in [6.45, 7) is 12.6. The first-order chi connectivity index (χ1) is 7.11. The molecule has 3 nitrogen and oxygen atoms in total. The molecule has 0 atom stereocenters. The molecule has 0 aliphatic rings. The van der Waals surface area contributed by atoms with Crippen molar-refractivity contribution in [2.75, 3.05) is 12.5 Å². The van der Waals surface area contributed by atoms with Crippen molar-refractivity contribution in [1.29, 1.82) is 0 Å². The van der Waals surface area contributed by atoms with Crippen LogP contribution in [0.15, 0.2) is 0 Å². The molecule has 0 aromatic carbocycles. The van der Waals surface area contributed by atoms with E-state index in [0.29, 0.717) is 5.92 Å². The predicted molar refractivity (Wildman–Crippen MR) is 67.1 cm³/mol. The minimum Gasteiger partial charge on any atom is -0.328 e. The summed E-state index contributed by atoms with van der Waals surface area (Å²) in [5, 5.41) is 0. The van der Waals surface area contributed by atoms with Gasteiger partial charge in [0.15, 0.2) is 0 Å². The third-order valence-electron chi connectivity index (χ3n) is 2.30. The standard InChI is InChI=1S/C10H19N3.C2H6/c1-6-9-12-10(7(2)3)8(4)13(9)11-5;1-2/h7,11H,6H2,1-5H3;1-2H3. The maximum absolute atomic E-state index is 4.60. The molecule has 0 aliphatic heterocycles. The molecule has 1 aromatic rings. The van der Waals surface area contributed by atoms with Crippen LogP contribution in [0.2, 0.25) is 0 Å². The Kier molecular flexibility index (Phi) is 6.06. The van der Waals surface area contributed by atoms with Crippen molar-refractivity contribution >= 4 is 0 Å². The molecule has 0 radical (unpaired) electrons. The van der Waals surface area contributed by atoms with E-state index in [1.54, 1.807) is 0 Å². The number of nitrogens with one attached hydrogen (secondary N) is 1. The van der Waals surface area contributed by atoms with Crippen LogP contribution in [0.25, 0.3) is 0 Å². The lowest BCUT2D eigenvalue weighted by molar-refractivity contribution is 0.795. The minimum absolute atomic E-state index is 0.500. The monoisotopic (exact) mass is 211 g/mol. The average Bonchev–Trinajstić information content (AvgIpc) is 2.57. The summed E-state index contributed by atoms with van der Waals surface area (Å²) in [5.41, 5.74) is 5.58. The summed E-state index contributed by atoms with van der Waals surface area (Å²) in [4.78, 5) is 4.60. The summed E-state index contributed by atoms with van der Waals surface area (Å²) in [7, 11) is 1.93. The minimum atomic E-state index is 0.500. The quantitative estimate of drug-likeness (QED) is 0.832. The van der Waals surface area contributed by atoms with Crippen molar-refractivity contribution in [3.8, 4) is 0 Å². The van der Waals surface area contributed by atoms with E-state index in [1.165, 1.54) is 11.4 Å². The molecule has 1 aromatic heterocycles. The number of imidazole rings is 1. The Labute approximate surface area is 93.9 Å². The van der Waals surface area contributed by atoms with Crippen molar-refractivity contribution in [3.63, 3.8) is 0 Å². The fourth-order valence-electron chi connectivity index (χ4n) is 1.66. The highest BCUT2D eigenvalue weighted by Crippen LogP contribution is 2.18. The highest BCUT2D eigenvalue weighted by molar-refractivity contribution is 5.20. The first-order valence-corrected chi connectivity index (χ1v) is 5.87. The average molecular weight is 211 g/mol. The predicted octanol–water partition coefficient (Wildman–Crippen LogP) is 3.08. The smallest absolute Gasteiger partial charge is 0.127 e. The molecule has 0 aliphatic carbocycles. The van der Waals surface area contributed by atoms with Crippen LogP contribution in [0, 0.1) is 6.92 Å². The van der Waals surface area contributed by atoms with Gasteiger partial charge in [0, 0.05) is 13.5 Å². The molecule has 0 unspecified atom stereocenters. The van der Waals surface area contributed by atoms with E-state index in [1.807, 2.05) is 20.9 Å². The second-order valence-electron chi connectivity index (χ2n) is 3.57. The molecule has 3 heteroatoms. The number of hydrogen-bond donors (Lipinski definition) is 1. The number of nitrogens with zero attached hydrogens (tertiary/aromatic N) is 2. The largest absolute Gasteiger partial charge is 0.328 e. The van der Waals surface area contributed by atoms with Gasteiger partial charge in [0.2, 0.25) is 0 Å². The van der Waals surface area contributed by atoms with Gasteiger partial charge < -0.3 is 5.43 Å². The molecule has 0 saturated carbocycles. The number of aryl methyl sites for hydroxylation is 1. The zero-order valence-electron chi connectivity index (χ0n) is 11.2. The van der Waals surface area contributed by atoms with Gasteiger partial charge in [0.1, 0.15) is 5.82 Å². The van der Waals surface area contributed by atoms with Crippen LogP contribution in [-0.4, -0.2) is 16.7 Å². The number of aromatic nitrogens is 2. The van der Waals surface area contributed by atoms with E-state index < -0.39 is 0 Å². The van der Waals surface area contributed by atoms with Crippen LogP contribution in [0.1, 0.15) is 57.7 Å². The highest BCUT2D eigenvalue weighted by atomic mass is 15.4. The molecule has 0 amide bonds. The van der Waals surface area contributed by atoms with Gasteiger partial charge in [-0.1, -0.05) is 34.6 Å². The molecule has 1 heterocycles. The van der Waals surface area contributed by atoms with Gasteiger partial charge >= 0.3 is 0 Å². The SMILES string of the molecule is CC.CCc1nc(C(C)C)c(C)n1NC. The van der Waals surface area contributed by atoms with Gasteiger partial charge in [-0.25, -0.2) is 9.66 Å². The van der Waals surface area contributed by atoms with Crippen molar-refractivity contribution in [2.24, 2.45) is 0 Å². The molecule has 88 valence electrons. The normalized spacial score (nSPS) is 9.87. The summed E-state index contributed by atoms with van der Waals surface area (Å²) in [5.74, 6) is 1.61. The molecular formula is C12H25N3. The second kappa shape index (κ2) is 6.49. The van der Waals surface area contributed by atoms with E-state index in [0.717, 1.165) is 12.2 Å². The zero-order valence-corrected chi connectivity index (χ0v) is 11.2. The molecule has 15 heavy (non-hydrogen) atoms. The van der Waals surface area contributed by atoms with Gasteiger partial charge in [-0.05, 0) is 12.8 Å². The van der Waals surface area contributed by atoms with Gasteiger partial charge in [-0.2, -0.15) is 0 Å². The molecule has 0 saturated heterocycles. The van der Waals surface area contributed by atoms with Gasteiger partial charge in [-0.15, -0.1) is 0 Å². The van der Waals surface area contributed by atoms with E-state index in [9.17, 15) is 0 Å². The van der Waals surface area contributed by atoms with Crippen molar-refractivity contribution < 1.29 is 0 Å². The van der Waals surface area contributed by atoms with Crippen LogP contribution < -0.4 is 5.43 Å². The zero-order chi connectivity index (χ0) is 12.0. The fourth-order valence-corrected chi connectivity index (χ4v) is 1.66. The lowest BCUT2D eigenvalue weighted by Crippen LogP contribution is -2.14. The summed E-state index contributed by atoms with van der Waals surface area (Å²) in [6, 6.07) is 0. The summed E-state index contributed by atoms with van der Waals surface area (Å²) >= 11 is 0. The Hall–Kier alpha value is -0.990. The molecule has 0 spiro atoms. The third kappa shape index (κ3) is 2.98. The van der Waals surface area contributed by atoms with Crippen molar-refractivity contribution in [1.82, 2.24) is 9.66 Å². The lowest BCUT2D eigenvalue weighted by Gasteiger charge is -2.07. The fraction of sp³-hybridized carbons (Fsp3) is 0.750. The van der Waals surface area contributed by atoms with Gasteiger partial charge in [0.25, 0.3) is 0 Å². The van der Waals surface area contributed by atoms with Crippen LogP contribution >= 0.6 is 0 Å². The van der Waals surface area contributed by atoms with Gasteiger partial charge in [0.05, 0.1) is 11.4 Å². The molecular weight excluding hydrogens is 186 g/mol. The topological polar surface area (TPSA) is 29.9 Å². The summed E-state index contributed by atoms with van der Waals surface area (Å²) < 4.78 is 2.06. The summed E-state index contributed by atoms with van der Waals surface area (Å²) in [6.07, 6.45) is 0.967. The van der Waals surface area contributed by atoms with Crippen LogP contribution in [-0.2, 0) is 6.42 Å². The molecule has 1 N–H and O–H groups in total. The Balaban J connectivity index is 0.000000921. The molecule has 1 rings (SSSR count). The maximum atomic E-state index is 4.60. The van der Waals surface area contributed by atoms with Crippen molar-refractivity contribution in [3.05, 3.63) is 17.2 Å². The van der Waals surface area contributed by atoms with Crippen LogP contribution in [0.5, 0.6) is 0 Å². The highest BCUT2D eigenvalue weighted by Gasteiger charge is 2.13. The number of rotatable bonds is 3. The Bertz CT molecular complexity index is 287. The first kappa shape index (κ1) is 14.0. The first-order valence-electron chi connectivity index (χ1n) is 5.87. The lowest BCUT2D eigenvalue weighted by atomic mass is 10.1. The Morgan fingerprint density at radius 2 is 1.87 bits per heavy atom. The van der Waals surface area contributed by atoms with Gasteiger partial charge in [-0.3, -0.25) is 0 Å². The maximum Gasteiger partial charge on any atom is 0.127 e. The second-order valence-corrected chi connectivity index (χ2v) is 3.57. The van der Waals surface area contributed by atoms with Crippen LogP contribution in [0.3, 0.4) is 0 Å². The molecule has 0 fully saturated rings. The van der Waals surface area contributed by atoms with E-state index >= 15 is 0 Å².